The molecule has 3 unspecified atom stereocenters. The topological polar surface area (TPSA) is 456 Å². The summed E-state index contributed by atoms with van der Waals surface area (Å²) in [5.41, 5.74) is 34.7. The zero-order valence-corrected chi connectivity index (χ0v) is 22.9. The molecule has 0 aromatic heterocycles. The van der Waals surface area contributed by atoms with Crippen LogP contribution < -0.4 is 40.1 Å². The highest BCUT2D eigenvalue weighted by Gasteiger charge is 2.14. The molecule has 21 nitrogen and oxygen atoms in total. The maximum atomic E-state index is 9.91. The lowest BCUT2D eigenvalue weighted by atomic mass is 10.2. The number of carboxylic acid groups (broad SMARTS) is 3. The minimum atomic E-state index is -1.29. The van der Waals surface area contributed by atoms with Gasteiger partial charge in [-0.2, -0.15) is 0 Å². The van der Waals surface area contributed by atoms with Crippen LogP contribution in [0.15, 0.2) is 0 Å². The molecule has 0 amide bonds. The molecule has 0 rings (SSSR count). The largest absolute Gasteiger partial charge is 0.481 e. The zero-order chi connectivity index (χ0) is 34.0. The Morgan fingerprint density at radius 3 is 0.927 bits per heavy atom. The second-order valence-corrected chi connectivity index (χ2v) is 7.41. The number of aliphatic carboxylic acids is 3. The van der Waals surface area contributed by atoms with Crippen molar-refractivity contribution < 1.29 is 70.6 Å². The minimum Gasteiger partial charge on any atom is -0.481 e. The monoisotopic (exact) mass is 615 g/mol. The van der Waals surface area contributed by atoms with E-state index in [1.165, 1.54) is 0 Å². The molecule has 0 saturated heterocycles. The lowest BCUT2D eigenvalue weighted by molar-refractivity contribution is -0.144. The molecule has 252 valence electrons. The summed E-state index contributed by atoms with van der Waals surface area (Å²) in [5, 5.41) is 89.0. The predicted octanol–water partition coefficient (Wildman–Crippen LogP) is -9.19. The fourth-order valence-electron chi connectivity index (χ4n) is 0.865. The average Bonchev–Trinajstić information content (AvgIpc) is 2.96. The Labute approximate surface area is 237 Å². The van der Waals surface area contributed by atoms with Gasteiger partial charge in [-0.05, 0) is 13.0 Å². The van der Waals surface area contributed by atoms with Gasteiger partial charge in [-0.25, -0.2) is 0 Å². The SMILES string of the molecule is NC(CC(=O)O)C(=O)O.NC(CO)CO.NCC(O)CN.NCC(O)CO.NCCC(N)C(=O)O.OCC(O)CO. The summed E-state index contributed by atoms with van der Waals surface area (Å²) < 4.78 is 0. The summed E-state index contributed by atoms with van der Waals surface area (Å²) in [6.07, 6.45) is -2.38. The van der Waals surface area contributed by atoms with Crippen molar-refractivity contribution >= 4 is 17.9 Å². The fourth-order valence-corrected chi connectivity index (χ4v) is 0.865. The molecule has 21 heteroatoms. The van der Waals surface area contributed by atoms with E-state index in [0.717, 1.165) is 0 Å². The summed E-state index contributed by atoms with van der Waals surface area (Å²) in [5.74, 6) is -3.49. The molecule has 0 heterocycles. The Balaban J connectivity index is -0.0000000904. The van der Waals surface area contributed by atoms with Crippen LogP contribution in [0.4, 0.5) is 0 Å². The summed E-state index contributed by atoms with van der Waals surface area (Å²) in [4.78, 5) is 29.5. The lowest BCUT2D eigenvalue weighted by Crippen LogP contribution is -2.32. The van der Waals surface area contributed by atoms with Crippen molar-refractivity contribution in [2.75, 3.05) is 59.2 Å². The van der Waals surface area contributed by atoms with Crippen LogP contribution >= 0.6 is 0 Å². The first kappa shape index (κ1) is 51.5. The van der Waals surface area contributed by atoms with Gasteiger partial charge >= 0.3 is 17.9 Å². The van der Waals surface area contributed by atoms with Gasteiger partial charge < -0.3 is 96.3 Å². The number of carboxylic acids is 3. The maximum Gasteiger partial charge on any atom is 0.321 e. The summed E-state index contributed by atoms with van der Waals surface area (Å²) >= 11 is 0. The normalized spacial score (nSPS) is 11.9. The number of hydrogen-bond donors (Lipinski definition) is 18. The second-order valence-electron chi connectivity index (χ2n) is 7.41. The first-order valence-corrected chi connectivity index (χ1v) is 11.8. The number of carbonyl (C=O) groups is 3. The van der Waals surface area contributed by atoms with Gasteiger partial charge in [0.15, 0.2) is 0 Å². The van der Waals surface area contributed by atoms with E-state index in [-0.39, 0.29) is 52.7 Å². The van der Waals surface area contributed by atoms with E-state index in [2.05, 4.69) is 0 Å². The second kappa shape index (κ2) is 40.0. The van der Waals surface area contributed by atoms with Crippen LogP contribution in [0.1, 0.15) is 12.8 Å². The van der Waals surface area contributed by atoms with Crippen molar-refractivity contribution in [3.05, 3.63) is 0 Å². The third-order valence-corrected chi connectivity index (χ3v) is 3.42. The molecular formula is C20H53N7O14. The smallest absolute Gasteiger partial charge is 0.321 e. The van der Waals surface area contributed by atoms with Crippen LogP contribution in [0, 0.1) is 0 Å². The first-order chi connectivity index (χ1) is 18.9. The van der Waals surface area contributed by atoms with Gasteiger partial charge in [0.2, 0.25) is 0 Å². The molecule has 25 N–H and O–H groups in total. The van der Waals surface area contributed by atoms with Crippen molar-refractivity contribution in [1.82, 2.24) is 0 Å². The van der Waals surface area contributed by atoms with E-state index in [1.54, 1.807) is 0 Å². The molecule has 0 aliphatic carbocycles. The van der Waals surface area contributed by atoms with Crippen LogP contribution in [0.25, 0.3) is 0 Å². The summed E-state index contributed by atoms with van der Waals surface area (Å²) in [7, 11) is 0. The van der Waals surface area contributed by atoms with E-state index in [0.29, 0.717) is 13.0 Å². The molecule has 0 spiro atoms. The number of aliphatic hydroxyl groups excluding tert-OH is 8. The Kier molecular flexibility index (Phi) is 50.2. The molecule has 41 heavy (non-hydrogen) atoms. The maximum absolute atomic E-state index is 9.91. The van der Waals surface area contributed by atoms with E-state index in [1.807, 2.05) is 0 Å². The Bertz CT molecular complexity index is 514. The van der Waals surface area contributed by atoms with Crippen LogP contribution in [0.3, 0.4) is 0 Å². The standard InChI is InChI=1S/C4H10N2O2.C4H7NO4.C3H10N2O.2C3H9NO2.C3H8O3/c5-2-1-3(6)4(7)8;5-2(4(8)9)1-3(6)7;4-1-3(6)2-5;4-3(1-5)2-6;2*4-1-3(6)2-5/h3H,1-2,5-6H2,(H,7,8);2H,1,5H2,(H,6,7)(H,8,9);3,6H,1-2,4-5H2;2*3,5-6H,1-2,4H2;3-6H,1-2H2. The molecule has 0 saturated carbocycles. The van der Waals surface area contributed by atoms with Gasteiger partial charge in [-0.3, -0.25) is 14.4 Å². The molecule has 3 atom stereocenters. The van der Waals surface area contributed by atoms with Crippen LogP contribution in [-0.4, -0.2) is 170 Å². The van der Waals surface area contributed by atoms with Crippen molar-refractivity contribution in [3.8, 4) is 0 Å². The molecule has 0 bridgehead atoms. The van der Waals surface area contributed by atoms with Crippen molar-refractivity contribution in [2.24, 2.45) is 40.1 Å². The van der Waals surface area contributed by atoms with Gasteiger partial charge in [0.05, 0.1) is 57.7 Å². The van der Waals surface area contributed by atoms with E-state index < -0.39 is 60.8 Å². The number of aliphatic hydroxyl groups is 8. The Morgan fingerprint density at radius 2 is 0.878 bits per heavy atom. The number of nitrogens with two attached hydrogens (primary N) is 7. The van der Waals surface area contributed by atoms with Crippen molar-refractivity contribution in [3.63, 3.8) is 0 Å². The highest BCUT2D eigenvalue weighted by Crippen LogP contribution is 1.86. The third kappa shape index (κ3) is 58.4. The minimum absolute atomic E-state index is 0.135. The molecule has 0 aliphatic rings. The Morgan fingerprint density at radius 1 is 0.537 bits per heavy atom. The first-order valence-electron chi connectivity index (χ1n) is 11.8. The molecule has 0 aliphatic heterocycles. The molecule has 0 aromatic carbocycles. The lowest BCUT2D eigenvalue weighted by Gasteiger charge is -2.00. The van der Waals surface area contributed by atoms with Gasteiger partial charge in [0.25, 0.3) is 0 Å². The Hall–Kier alpha value is -2.19. The average molecular weight is 616 g/mol. The molecule has 0 aromatic rings. The number of rotatable bonds is 14. The number of hydrogen-bond acceptors (Lipinski definition) is 18. The fraction of sp³-hybridized carbons (Fsp3) is 0.850. The van der Waals surface area contributed by atoms with Crippen LogP contribution in [0.2, 0.25) is 0 Å². The third-order valence-electron chi connectivity index (χ3n) is 3.42. The quantitative estimate of drug-likeness (QED) is 0.0861. The van der Waals surface area contributed by atoms with Crippen LogP contribution in [0.5, 0.6) is 0 Å². The van der Waals surface area contributed by atoms with Gasteiger partial charge in [-0.15, -0.1) is 0 Å². The molecular weight excluding hydrogens is 562 g/mol. The predicted molar refractivity (Wildman–Crippen MR) is 146 cm³/mol. The summed E-state index contributed by atoms with van der Waals surface area (Å²) in [6.45, 7) is -0.270. The van der Waals surface area contributed by atoms with Gasteiger partial charge in [0.1, 0.15) is 18.2 Å². The van der Waals surface area contributed by atoms with E-state index in [9.17, 15) is 14.4 Å². The van der Waals surface area contributed by atoms with Gasteiger partial charge in [0, 0.05) is 19.6 Å². The zero-order valence-electron chi connectivity index (χ0n) is 22.9. The van der Waals surface area contributed by atoms with Crippen molar-refractivity contribution in [1.29, 1.82) is 0 Å². The summed E-state index contributed by atoms with van der Waals surface area (Å²) in [6, 6.07) is -2.53. The van der Waals surface area contributed by atoms with E-state index >= 15 is 0 Å². The molecule has 0 radical (unpaired) electrons. The molecule has 0 fully saturated rings. The van der Waals surface area contributed by atoms with Crippen LogP contribution in [-0.2, 0) is 14.4 Å². The van der Waals surface area contributed by atoms with Gasteiger partial charge in [-0.1, -0.05) is 0 Å². The van der Waals surface area contributed by atoms with E-state index in [4.69, 9.17) is 96.3 Å². The highest BCUT2D eigenvalue weighted by atomic mass is 16.4. The highest BCUT2D eigenvalue weighted by molar-refractivity contribution is 5.80. The van der Waals surface area contributed by atoms with Crippen molar-refractivity contribution in [2.45, 2.75) is 49.3 Å².